The molecule has 2 nitrogen and oxygen atoms in total. The molecule has 9 heavy (non-hydrogen) atoms. The second-order valence-corrected chi connectivity index (χ2v) is 2.88. The number of hydrogen-bond acceptors (Lipinski definition) is 2. The van der Waals surface area contributed by atoms with Crippen LogP contribution in [0.2, 0.25) is 0 Å². The normalized spacial score (nSPS) is 36.7. The van der Waals surface area contributed by atoms with Gasteiger partial charge in [-0.1, -0.05) is 6.42 Å². The van der Waals surface area contributed by atoms with E-state index in [1.165, 1.54) is 12.8 Å². The molecule has 2 atom stereocenters. The Morgan fingerprint density at radius 2 is 2.33 bits per heavy atom. The number of aliphatic hydroxyl groups excluding tert-OH is 1. The highest BCUT2D eigenvalue weighted by atomic mass is 16.3. The lowest BCUT2D eigenvalue weighted by Crippen LogP contribution is -2.42. The van der Waals surface area contributed by atoms with Crippen molar-refractivity contribution < 1.29 is 5.11 Å². The Morgan fingerprint density at radius 3 is 2.78 bits per heavy atom. The van der Waals surface area contributed by atoms with Crippen LogP contribution in [0.15, 0.2) is 0 Å². The first-order valence-electron chi connectivity index (χ1n) is 3.70. The van der Waals surface area contributed by atoms with Gasteiger partial charge in [-0.15, -0.1) is 0 Å². The van der Waals surface area contributed by atoms with E-state index in [9.17, 15) is 0 Å². The fourth-order valence-electron chi connectivity index (χ4n) is 1.38. The summed E-state index contributed by atoms with van der Waals surface area (Å²) in [5, 5.41) is 12.1. The zero-order chi connectivity index (χ0) is 6.69. The van der Waals surface area contributed by atoms with Crippen LogP contribution in [0, 0.1) is 0 Å². The summed E-state index contributed by atoms with van der Waals surface area (Å²) in [6.45, 7) is 2.46. The van der Waals surface area contributed by atoms with E-state index in [-0.39, 0.29) is 0 Å². The van der Waals surface area contributed by atoms with Gasteiger partial charge in [0.25, 0.3) is 0 Å². The van der Waals surface area contributed by atoms with Gasteiger partial charge in [0.05, 0.1) is 6.61 Å². The minimum absolute atomic E-state index is 0.296. The third-order valence-corrected chi connectivity index (χ3v) is 1.93. The largest absolute Gasteiger partial charge is 0.395 e. The molecule has 0 radical (unpaired) electrons. The summed E-state index contributed by atoms with van der Waals surface area (Å²) >= 11 is 0. The van der Waals surface area contributed by atoms with Gasteiger partial charge in [-0.05, 0) is 19.8 Å². The molecule has 2 heteroatoms. The molecule has 1 saturated heterocycles. The van der Waals surface area contributed by atoms with Crippen LogP contribution in [-0.4, -0.2) is 23.8 Å². The van der Waals surface area contributed by atoms with Gasteiger partial charge in [-0.3, -0.25) is 0 Å². The molecule has 0 bridgehead atoms. The molecular formula is C7H15NO. The Labute approximate surface area is 56.3 Å². The lowest BCUT2D eigenvalue weighted by atomic mass is 10.0. The predicted octanol–water partition coefficient (Wildman–Crippen LogP) is 0.509. The van der Waals surface area contributed by atoms with Crippen molar-refractivity contribution in [3.8, 4) is 0 Å². The molecule has 0 amide bonds. The highest BCUT2D eigenvalue weighted by Crippen LogP contribution is 2.10. The summed E-state index contributed by atoms with van der Waals surface area (Å²) in [4.78, 5) is 0. The molecule has 0 aliphatic carbocycles. The molecule has 0 spiro atoms. The van der Waals surface area contributed by atoms with Crippen molar-refractivity contribution in [1.82, 2.24) is 5.32 Å². The van der Waals surface area contributed by atoms with Gasteiger partial charge < -0.3 is 10.4 Å². The van der Waals surface area contributed by atoms with E-state index < -0.39 is 0 Å². The monoisotopic (exact) mass is 129 g/mol. The number of hydrogen-bond donors (Lipinski definition) is 2. The molecule has 0 aromatic carbocycles. The van der Waals surface area contributed by atoms with Crippen LogP contribution in [0.4, 0.5) is 0 Å². The van der Waals surface area contributed by atoms with E-state index in [1.807, 2.05) is 0 Å². The van der Waals surface area contributed by atoms with Crippen LogP contribution in [0.25, 0.3) is 0 Å². The average molecular weight is 129 g/mol. The van der Waals surface area contributed by atoms with Crippen molar-refractivity contribution >= 4 is 0 Å². The molecule has 1 aliphatic rings. The SMILES string of the molecule is CC1CCCC(CO)N1. The fraction of sp³-hybridized carbons (Fsp3) is 1.00. The van der Waals surface area contributed by atoms with E-state index in [1.54, 1.807) is 0 Å². The number of piperidine rings is 1. The zero-order valence-electron chi connectivity index (χ0n) is 5.93. The summed E-state index contributed by atoms with van der Waals surface area (Å²) in [5.74, 6) is 0. The summed E-state index contributed by atoms with van der Waals surface area (Å²) in [7, 11) is 0. The van der Waals surface area contributed by atoms with Crippen LogP contribution in [0.1, 0.15) is 26.2 Å². The van der Waals surface area contributed by atoms with Crippen LogP contribution in [0.3, 0.4) is 0 Å². The number of rotatable bonds is 1. The van der Waals surface area contributed by atoms with Crippen molar-refractivity contribution in [2.24, 2.45) is 0 Å². The molecule has 2 unspecified atom stereocenters. The minimum Gasteiger partial charge on any atom is -0.395 e. The van der Waals surface area contributed by atoms with E-state index >= 15 is 0 Å². The van der Waals surface area contributed by atoms with Crippen LogP contribution in [-0.2, 0) is 0 Å². The number of nitrogens with one attached hydrogen (secondary N) is 1. The van der Waals surface area contributed by atoms with E-state index in [0.29, 0.717) is 18.7 Å². The van der Waals surface area contributed by atoms with Crippen molar-refractivity contribution in [1.29, 1.82) is 0 Å². The lowest BCUT2D eigenvalue weighted by molar-refractivity contribution is 0.202. The minimum atomic E-state index is 0.296. The maximum absolute atomic E-state index is 8.75. The summed E-state index contributed by atoms with van der Waals surface area (Å²) < 4.78 is 0. The Hall–Kier alpha value is -0.0800. The van der Waals surface area contributed by atoms with Gasteiger partial charge in [0.2, 0.25) is 0 Å². The van der Waals surface area contributed by atoms with Gasteiger partial charge in [0.1, 0.15) is 0 Å². The quantitative estimate of drug-likeness (QED) is 0.540. The standard InChI is InChI=1S/C7H15NO/c1-6-3-2-4-7(5-9)8-6/h6-9H,2-5H2,1H3. The van der Waals surface area contributed by atoms with Crippen molar-refractivity contribution in [3.63, 3.8) is 0 Å². The first kappa shape index (κ1) is 7.03. The van der Waals surface area contributed by atoms with Gasteiger partial charge in [0.15, 0.2) is 0 Å². The van der Waals surface area contributed by atoms with Gasteiger partial charge in [0, 0.05) is 12.1 Å². The summed E-state index contributed by atoms with van der Waals surface area (Å²) in [5.41, 5.74) is 0. The Kier molecular flexibility index (Phi) is 2.49. The maximum Gasteiger partial charge on any atom is 0.0584 e. The summed E-state index contributed by atoms with van der Waals surface area (Å²) in [6, 6.07) is 0.977. The molecule has 54 valence electrons. The van der Waals surface area contributed by atoms with Gasteiger partial charge in [-0.2, -0.15) is 0 Å². The molecule has 2 N–H and O–H groups in total. The van der Waals surface area contributed by atoms with E-state index in [4.69, 9.17) is 5.11 Å². The topological polar surface area (TPSA) is 32.3 Å². The number of aliphatic hydroxyl groups is 1. The maximum atomic E-state index is 8.75. The molecule has 0 saturated carbocycles. The van der Waals surface area contributed by atoms with Gasteiger partial charge >= 0.3 is 0 Å². The van der Waals surface area contributed by atoms with Gasteiger partial charge in [-0.25, -0.2) is 0 Å². The molecule has 1 rings (SSSR count). The van der Waals surface area contributed by atoms with E-state index in [2.05, 4.69) is 12.2 Å². The average Bonchev–Trinajstić information content (AvgIpc) is 1.88. The zero-order valence-corrected chi connectivity index (χ0v) is 5.93. The summed E-state index contributed by atoms with van der Waals surface area (Å²) in [6.07, 6.45) is 3.66. The molecule has 1 heterocycles. The highest BCUT2D eigenvalue weighted by Gasteiger charge is 2.15. The van der Waals surface area contributed by atoms with Crippen molar-refractivity contribution in [2.45, 2.75) is 38.3 Å². The second kappa shape index (κ2) is 3.18. The molecular weight excluding hydrogens is 114 g/mol. The van der Waals surface area contributed by atoms with Crippen molar-refractivity contribution in [2.75, 3.05) is 6.61 Å². The first-order valence-corrected chi connectivity index (χ1v) is 3.70. The Balaban J connectivity index is 2.23. The van der Waals surface area contributed by atoms with Crippen LogP contribution in [0.5, 0.6) is 0 Å². The Bertz CT molecular complexity index is 85.0. The smallest absolute Gasteiger partial charge is 0.0584 e. The van der Waals surface area contributed by atoms with Crippen LogP contribution >= 0.6 is 0 Å². The second-order valence-electron chi connectivity index (χ2n) is 2.88. The molecule has 1 fully saturated rings. The first-order chi connectivity index (χ1) is 4.33. The third kappa shape index (κ3) is 1.95. The van der Waals surface area contributed by atoms with Crippen LogP contribution < -0.4 is 5.32 Å². The fourth-order valence-corrected chi connectivity index (χ4v) is 1.38. The lowest BCUT2D eigenvalue weighted by Gasteiger charge is -2.26. The predicted molar refractivity (Wildman–Crippen MR) is 37.3 cm³/mol. The molecule has 0 aromatic heterocycles. The van der Waals surface area contributed by atoms with E-state index in [0.717, 1.165) is 6.42 Å². The highest BCUT2D eigenvalue weighted by molar-refractivity contribution is 4.76. The Morgan fingerprint density at radius 1 is 1.56 bits per heavy atom. The third-order valence-electron chi connectivity index (χ3n) is 1.93. The molecule has 0 aromatic rings. The molecule has 1 aliphatic heterocycles. The van der Waals surface area contributed by atoms with Crippen molar-refractivity contribution in [3.05, 3.63) is 0 Å².